The highest BCUT2D eigenvalue weighted by Gasteiger charge is 2.16. The molecule has 0 aliphatic carbocycles. The normalized spacial score (nSPS) is 15.1. The molecular weight excluding hydrogens is 338 g/mol. The number of para-hydroxylation sites is 2. The van der Waals surface area contributed by atoms with E-state index in [9.17, 15) is 0 Å². The van der Waals surface area contributed by atoms with Crippen LogP contribution in [0.5, 0.6) is 11.5 Å². The van der Waals surface area contributed by atoms with E-state index in [1.807, 2.05) is 24.3 Å². The Morgan fingerprint density at radius 3 is 2.63 bits per heavy atom. The zero-order chi connectivity index (χ0) is 18.5. The number of methoxy groups -OCH3 is 1. The molecular formula is C22H27N3O2. The summed E-state index contributed by atoms with van der Waals surface area (Å²) in [7, 11) is 1.67. The molecule has 2 heterocycles. The minimum atomic E-state index is 0.598. The number of nitrogens with zero attached hydrogens (tertiary/aromatic N) is 3. The van der Waals surface area contributed by atoms with E-state index in [0.717, 1.165) is 35.9 Å². The van der Waals surface area contributed by atoms with Gasteiger partial charge in [0.15, 0.2) is 0 Å². The maximum absolute atomic E-state index is 5.97. The highest BCUT2D eigenvalue weighted by molar-refractivity contribution is 5.75. The predicted molar refractivity (Wildman–Crippen MR) is 107 cm³/mol. The smallest absolute Gasteiger partial charge is 0.124 e. The van der Waals surface area contributed by atoms with Crippen molar-refractivity contribution in [2.24, 2.45) is 0 Å². The summed E-state index contributed by atoms with van der Waals surface area (Å²) in [5, 5.41) is 0. The van der Waals surface area contributed by atoms with Gasteiger partial charge in [-0.05, 0) is 50.2 Å². The van der Waals surface area contributed by atoms with E-state index in [-0.39, 0.29) is 0 Å². The first kappa shape index (κ1) is 17.9. The third-order valence-electron chi connectivity index (χ3n) is 5.17. The van der Waals surface area contributed by atoms with Crippen molar-refractivity contribution in [3.8, 4) is 11.5 Å². The monoisotopic (exact) mass is 365 g/mol. The molecule has 1 aromatic heterocycles. The van der Waals surface area contributed by atoms with Crippen LogP contribution in [0.4, 0.5) is 0 Å². The van der Waals surface area contributed by atoms with Crippen LogP contribution in [0.3, 0.4) is 0 Å². The van der Waals surface area contributed by atoms with E-state index in [1.165, 1.54) is 37.9 Å². The predicted octanol–water partition coefficient (Wildman–Crippen LogP) is 4.11. The number of hydrogen-bond acceptors (Lipinski definition) is 4. The van der Waals surface area contributed by atoms with Crippen LogP contribution in [0.15, 0.2) is 48.5 Å². The minimum absolute atomic E-state index is 0.598. The molecule has 0 atom stereocenters. The van der Waals surface area contributed by atoms with Gasteiger partial charge in [-0.15, -0.1) is 0 Å². The van der Waals surface area contributed by atoms with Crippen LogP contribution in [0.1, 0.15) is 25.1 Å². The lowest BCUT2D eigenvalue weighted by Gasteiger charge is -2.26. The molecule has 2 aromatic carbocycles. The second-order valence-electron chi connectivity index (χ2n) is 7.03. The van der Waals surface area contributed by atoms with Crippen LogP contribution in [0.2, 0.25) is 0 Å². The molecule has 1 aliphatic rings. The van der Waals surface area contributed by atoms with Gasteiger partial charge in [-0.1, -0.05) is 24.6 Å². The summed E-state index contributed by atoms with van der Waals surface area (Å²) < 4.78 is 13.6. The topological polar surface area (TPSA) is 39.5 Å². The van der Waals surface area contributed by atoms with Gasteiger partial charge in [-0.3, -0.25) is 4.90 Å². The van der Waals surface area contributed by atoms with Gasteiger partial charge in [0, 0.05) is 6.07 Å². The number of ether oxygens (including phenoxy) is 2. The average molecular weight is 365 g/mol. The molecule has 0 spiro atoms. The van der Waals surface area contributed by atoms with Crippen LogP contribution < -0.4 is 9.47 Å². The van der Waals surface area contributed by atoms with Gasteiger partial charge in [0.05, 0.1) is 31.2 Å². The van der Waals surface area contributed by atoms with Gasteiger partial charge in [-0.25, -0.2) is 4.98 Å². The molecule has 0 N–H and O–H groups in total. The lowest BCUT2D eigenvalue weighted by Crippen LogP contribution is -2.30. The number of benzene rings is 2. The Hall–Kier alpha value is -2.53. The largest absolute Gasteiger partial charge is 0.497 e. The van der Waals surface area contributed by atoms with Crippen molar-refractivity contribution >= 4 is 11.0 Å². The van der Waals surface area contributed by atoms with Gasteiger partial charge in [0.25, 0.3) is 0 Å². The van der Waals surface area contributed by atoms with Crippen molar-refractivity contribution in [1.29, 1.82) is 0 Å². The van der Waals surface area contributed by atoms with Crippen LogP contribution >= 0.6 is 0 Å². The summed E-state index contributed by atoms with van der Waals surface area (Å²) in [5.74, 6) is 2.77. The number of aromatic nitrogens is 2. The molecule has 0 amide bonds. The molecule has 142 valence electrons. The van der Waals surface area contributed by atoms with E-state index >= 15 is 0 Å². The Morgan fingerprint density at radius 2 is 1.78 bits per heavy atom. The van der Waals surface area contributed by atoms with Crippen molar-refractivity contribution in [3.63, 3.8) is 0 Å². The maximum atomic E-state index is 5.97. The molecule has 0 radical (unpaired) electrons. The summed E-state index contributed by atoms with van der Waals surface area (Å²) >= 11 is 0. The first-order chi connectivity index (χ1) is 13.3. The molecule has 0 unspecified atom stereocenters. The van der Waals surface area contributed by atoms with Gasteiger partial charge in [0.2, 0.25) is 0 Å². The Labute approximate surface area is 160 Å². The molecule has 3 aromatic rings. The molecule has 1 saturated heterocycles. The Balaban J connectivity index is 1.49. The Morgan fingerprint density at radius 1 is 0.963 bits per heavy atom. The molecule has 5 heteroatoms. The third-order valence-corrected chi connectivity index (χ3v) is 5.17. The zero-order valence-corrected chi connectivity index (χ0v) is 15.9. The summed E-state index contributed by atoms with van der Waals surface area (Å²) in [5.41, 5.74) is 2.24. The number of imidazole rings is 1. The fourth-order valence-electron chi connectivity index (χ4n) is 3.76. The lowest BCUT2D eigenvalue weighted by molar-refractivity contribution is 0.211. The number of likely N-dealkylation sites (tertiary alicyclic amines) is 1. The van der Waals surface area contributed by atoms with Gasteiger partial charge < -0.3 is 14.0 Å². The number of fused-ring (bicyclic) bond motifs is 1. The van der Waals surface area contributed by atoms with Crippen molar-refractivity contribution in [2.75, 3.05) is 26.8 Å². The first-order valence-electron chi connectivity index (χ1n) is 9.77. The van der Waals surface area contributed by atoms with E-state index < -0.39 is 0 Å². The second-order valence-corrected chi connectivity index (χ2v) is 7.03. The summed E-state index contributed by atoms with van der Waals surface area (Å²) in [6, 6.07) is 16.1. The number of piperidine rings is 1. The molecule has 1 aliphatic heterocycles. The highest BCUT2D eigenvalue weighted by atomic mass is 16.5. The Bertz CT molecular complexity index is 884. The third kappa shape index (κ3) is 4.25. The van der Waals surface area contributed by atoms with E-state index in [0.29, 0.717) is 6.61 Å². The molecule has 4 rings (SSSR count). The minimum Gasteiger partial charge on any atom is -0.497 e. The number of rotatable bonds is 7. The fourth-order valence-corrected chi connectivity index (χ4v) is 3.76. The van der Waals surface area contributed by atoms with E-state index in [1.54, 1.807) is 7.11 Å². The van der Waals surface area contributed by atoms with Crippen molar-refractivity contribution in [2.45, 2.75) is 32.4 Å². The van der Waals surface area contributed by atoms with Crippen LogP contribution in [-0.4, -0.2) is 41.3 Å². The zero-order valence-electron chi connectivity index (χ0n) is 15.9. The second kappa shape index (κ2) is 8.44. The van der Waals surface area contributed by atoms with E-state index in [4.69, 9.17) is 14.5 Å². The summed E-state index contributed by atoms with van der Waals surface area (Å²) in [6.45, 7) is 4.63. The fraction of sp³-hybridized carbons (Fsp3) is 0.409. The SMILES string of the molecule is COc1cccc(OCCn2c(CN3CCCCC3)nc3ccccc32)c1. The van der Waals surface area contributed by atoms with Crippen molar-refractivity contribution < 1.29 is 9.47 Å². The molecule has 0 saturated carbocycles. The van der Waals surface area contributed by atoms with Crippen LogP contribution in [0, 0.1) is 0 Å². The van der Waals surface area contributed by atoms with E-state index in [2.05, 4.69) is 33.7 Å². The molecule has 1 fully saturated rings. The maximum Gasteiger partial charge on any atom is 0.124 e. The van der Waals surface area contributed by atoms with Crippen molar-refractivity contribution in [3.05, 3.63) is 54.4 Å². The summed E-state index contributed by atoms with van der Waals surface area (Å²) in [4.78, 5) is 7.42. The van der Waals surface area contributed by atoms with Gasteiger partial charge in [-0.2, -0.15) is 0 Å². The quantitative estimate of drug-likeness (QED) is 0.632. The lowest BCUT2D eigenvalue weighted by atomic mass is 10.1. The first-order valence-corrected chi connectivity index (χ1v) is 9.77. The summed E-state index contributed by atoms with van der Waals surface area (Å²) in [6.07, 6.45) is 3.93. The van der Waals surface area contributed by atoms with Gasteiger partial charge in [0.1, 0.15) is 23.9 Å². The molecule has 27 heavy (non-hydrogen) atoms. The average Bonchev–Trinajstić information content (AvgIpc) is 3.06. The molecule has 0 bridgehead atoms. The number of hydrogen-bond donors (Lipinski definition) is 0. The highest BCUT2D eigenvalue weighted by Crippen LogP contribution is 2.21. The van der Waals surface area contributed by atoms with Crippen LogP contribution in [0.25, 0.3) is 11.0 Å². The molecule has 5 nitrogen and oxygen atoms in total. The van der Waals surface area contributed by atoms with Crippen LogP contribution in [-0.2, 0) is 13.1 Å². The van der Waals surface area contributed by atoms with Crippen molar-refractivity contribution in [1.82, 2.24) is 14.5 Å². The Kier molecular flexibility index (Phi) is 5.58. The standard InChI is InChI=1S/C22H27N3O2/c1-26-18-8-7-9-19(16-18)27-15-14-25-21-11-4-3-10-20(21)23-22(25)17-24-12-5-2-6-13-24/h3-4,7-11,16H,2,5-6,12-15,17H2,1H3. The van der Waals surface area contributed by atoms with Gasteiger partial charge >= 0.3 is 0 Å².